The Morgan fingerprint density at radius 2 is 2.15 bits per heavy atom. The Labute approximate surface area is 123 Å². The highest BCUT2D eigenvalue weighted by atomic mass is 35.5. The lowest BCUT2D eigenvalue weighted by Gasteiger charge is -2.19. The van der Waals surface area contributed by atoms with Crippen molar-refractivity contribution in [2.45, 2.75) is 13.5 Å². The predicted molar refractivity (Wildman–Crippen MR) is 81.2 cm³/mol. The van der Waals surface area contributed by atoms with Crippen LogP contribution in [0.25, 0.3) is 0 Å². The van der Waals surface area contributed by atoms with Gasteiger partial charge in [-0.15, -0.1) is 0 Å². The number of nitrogen functional groups attached to an aromatic ring is 1. The molecule has 106 valence electrons. The summed E-state index contributed by atoms with van der Waals surface area (Å²) in [5.74, 6) is 1.23. The van der Waals surface area contributed by atoms with Crippen molar-refractivity contribution in [1.29, 1.82) is 0 Å². The predicted octanol–water partition coefficient (Wildman–Crippen LogP) is 2.75. The number of nitrogens with two attached hydrogens (primary N) is 1. The number of ether oxygens (including phenoxy) is 1. The lowest BCUT2D eigenvalue weighted by molar-refractivity contribution is 0.325. The Kier molecular flexibility index (Phi) is 4.63. The van der Waals surface area contributed by atoms with Crippen LogP contribution in [0, 0.1) is 0 Å². The van der Waals surface area contributed by atoms with E-state index in [1.165, 1.54) is 0 Å². The van der Waals surface area contributed by atoms with E-state index in [9.17, 15) is 0 Å². The second-order valence-corrected chi connectivity index (χ2v) is 4.76. The summed E-state index contributed by atoms with van der Waals surface area (Å²) in [5.41, 5.74) is 7.41. The topological polar surface area (TPSA) is 64.3 Å². The largest absolute Gasteiger partial charge is 0.477 e. The van der Waals surface area contributed by atoms with Gasteiger partial charge in [0.25, 0.3) is 0 Å². The third kappa shape index (κ3) is 3.51. The highest BCUT2D eigenvalue weighted by Crippen LogP contribution is 2.22. The molecule has 0 radical (unpaired) electrons. The third-order valence-electron chi connectivity index (χ3n) is 2.76. The molecule has 0 saturated heterocycles. The van der Waals surface area contributed by atoms with Crippen LogP contribution in [0.2, 0.25) is 5.02 Å². The molecule has 0 amide bonds. The molecule has 0 saturated carbocycles. The first kappa shape index (κ1) is 14.4. The summed E-state index contributed by atoms with van der Waals surface area (Å²) in [7, 11) is 1.92. The first-order valence-corrected chi connectivity index (χ1v) is 6.68. The molecule has 5 nitrogen and oxygen atoms in total. The van der Waals surface area contributed by atoms with Crippen molar-refractivity contribution in [3.05, 3.63) is 41.2 Å². The summed E-state index contributed by atoms with van der Waals surface area (Å²) in [5, 5.41) is 0.681. The van der Waals surface area contributed by atoms with E-state index in [0.717, 1.165) is 11.4 Å². The Balaban J connectivity index is 2.17. The number of benzene rings is 1. The Bertz CT molecular complexity index is 591. The van der Waals surface area contributed by atoms with Gasteiger partial charge in [0, 0.05) is 24.3 Å². The van der Waals surface area contributed by atoms with Crippen molar-refractivity contribution in [3.63, 3.8) is 0 Å². The van der Waals surface area contributed by atoms with E-state index in [1.54, 1.807) is 24.5 Å². The lowest BCUT2D eigenvalue weighted by Crippen LogP contribution is -2.18. The number of hydrogen-bond donors (Lipinski definition) is 1. The van der Waals surface area contributed by atoms with Crippen molar-refractivity contribution < 1.29 is 4.74 Å². The fourth-order valence-corrected chi connectivity index (χ4v) is 1.97. The van der Waals surface area contributed by atoms with Gasteiger partial charge in [0.15, 0.2) is 5.82 Å². The first-order valence-electron chi connectivity index (χ1n) is 6.30. The van der Waals surface area contributed by atoms with Crippen LogP contribution >= 0.6 is 11.6 Å². The van der Waals surface area contributed by atoms with Crippen molar-refractivity contribution in [3.8, 4) is 5.88 Å². The van der Waals surface area contributed by atoms with Crippen LogP contribution in [0.1, 0.15) is 12.5 Å². The summed E-state index contributed by atoms with van der Waals surface area (Å²) < 4.78 is 5.34. The first-order chi connectivity index (χ1) is 9.60. The molecule has 2 rings (SSSR count). The van der Waals surface area contributed by atoms with E-state index < -0.39 is 0 Å². The zero-order valence-electron chi connectivity index (χ0n) is 11.5. The van der Waals surface area contributed by atoms with E-state index in [2.05, 4.69) is 9.97 Å². The van der Waals surface area contributed by atoms with Crippen molar-refractivity contribution >= 4 is 23.1 Å². The fraction of sp³-hybridized carbons (Fsp3) is 0.286. The van der Waals surface area contributed by atoms with Crippen LogP contribution in [-0.2, 0) is 6.54 Å². The van der Waals surface area contributed by atoms with E-state index >= 15 is 0 Å². The molecular formula is C14H17ClN4O. The smallest absolute Gasteiger partial charge is 0.234 e. The average Bonchev–Trinajstić information content (AvgIpc) is 2.43. The average molecular weight is 293 g/mol. The van der Waals surface area contributed by atoms with Gasteiger partial charge >= 0.3 is 0 Å². The second kappa shape index (κ2) is 6.43. The summed E-state index contributed by atoms with van der Waals surface area (Å²) >= 11 is 6.17. The van der Waals surface area contributed by atoms with Crippen LogP contribution in [0.4, 0.5) is 11.5 Å². The molecule has 1 aromatic carbocycles. The number of nitrogens with zero attached hydrogens (tertiary/aromatic N) is 3. The number of halogens is 1. The van der Waals surface area contributed by atoms with Gasteiger partial charge in [-0.05, 0) is 30.7 Å². The molecule has 0 unspecified atom stereocenters. The zero-order valence-corrected chi connectivity index (χ0v) is 12.3. The van der Waals surface area contributed by atoms with E-state index in [-0.39, 0.29) is 0 Å². The summed E-state index contributed by atoms with van der Waals surface area (Å²) in [6.07, 6.45) is 3.27. The minimum Gasteiger partial charge on any atom is -0.477 e. The standard InChI is InChI=1S/C14H17ClN4O/c1-3-20-14-8-17-7-13(18-14)19(2)9-10-6-11(16)4-5-12(10)15/h4-8H,3,9,16H2,1-2H3. The minimum atomic E-state index is 0.510. The molecule has 0 spiro atoms. The lowest BCUT2D eigenvalue weighted by atomic mass is 10.2. The maximum Gasteiger partial charge on any atom is 0.234 e. The summed E-state index contributed by atoms with van der Waals surface area (Å²) in [6, 6.07) is 5.43. The molecule has 1 heterocycles. The molecule has 6 heteroatoms. The van der Waals surface area contributed by atoms with E-state index in [0.29, 0.717) is 29.7 Å². The quantitative estimate of drug-likeness (QED) is 0.859. The molecule has 2 aromatic rings. The SMILES string of the molecule is CCOc1cncc(N(C)Cc2cc(N)ccc2Cl)n1. The van der Waals surface area contributed by atoms with Crippen LogP contribution in [-0.4, -0.2) is 23.6 Å². The Morgan fingerprint density at radius 1 is 1.35 bits per heavy atom. The summed E-state index contributed by atoms with van der Waals surface area (Å²) in [4.78, 5) is 10.4. The molecular weight excluding hydrogens is 276 g/mol. The fourth-order valence-electron chi connectivity index (χ4n) is 1.79. The molecule has 0 bridgehead atoms. The number of anilines is 2. The molecule has 0 atom stereocenters. The second-order valence-electron chi connectivity index (χ2n) is 4.36. The van der Waals surface area contributed by atoms with Gasteiger partial charge < -0.3 is 15.4 Å². The van der Waals surface area contributed by atoms with E-state index in [1.807, 2.05) is 24.9 Å². The van der Waals surface area contributed by atoms with Crippen LogP contribution in [0.15, 0.2) is 30.6 Å². The highest BCUT2D eigenvalue weighted by molar-refractivity contribution is 6.31. The van der Waals surface area contributed by atoms with Gasteiger partial charge in [-0.25, -0.2) is 0 Å². The molecule has 0 aliphatic rings. The maximum atomic E-state index is 6.17. The maximum absolute atomic E-state index is 6.17. The summed E-state index contributed by atoms with van der Waals surface area (Å²) in [6.45, 7) is 3.06. The third-order valence-corrected chi connectivity index (χ3v) is 3.13. The molecule has 2 N–H and O–H groups in total. The van der Waals surface area contributed by atoms with Crippen LogP contribution < -0.4 is 15.4 Å². The van der Waals surface area contributed by atoms with E-state index in [4.69, 9.17) is 22.1 Å². The van der Waals surface area contributed by atoms with Crippen molar-refractivity contribution in [1.82, 2.24) is 9.97 Å². The molecule has 1 aromatic heterocycles. The van der Waals surface area contributed by atoms with Gasteiger partial charge in [-0.2, -0.15) is 4.98 Å². The van der Waals surface area contributed by atoms with Gasteiger partial charge in [0.1, 0.15) is 0 Å². The number of rotatable bonds is 5. The molecule has 20 heavy (non-hydrogen) atoms. The highest BCUT2D eigenvalue weighted by Gasteiger charge is 2.08. The molecule has 0 fully saturated rings. The normalized spacial score (nSPS) is 10.3. The van der Waals surface area contributed by atoms with Crippen molar-refractivity contribution in [2.75, 3.05) is 24.3 Å². The Morgan fingerprint density at radius 3 is 2.90 bits per heavy atom. The Hall–Kier alpha value is -2.01. The molecule has 0 aliphatic carbocycles. The molecule has 0 aliphatic heterocycles. The van der Waals surface area contributed by atoms with Crippen LogP contribution in [0.5, 0.6) is 5.88 Å². The van der Waals surface area contributed by atoms with Crippen molar-refractivity contribution in [2.24, 2.45) is 0 Å². The van der Waals surface area contributed by atoms with Gasteiger partial charge in [-0.1, -0.05) is 11.6 Å². The van der Waals surface area contributed by atoms with Gasteiger partial charge in [0.05, 0.1) is 19.0 Å². The zero-order chi connectivity index (χ0) is 14.5. The monoisotopic (exact) mass is 292 g/mol. The number of aromatic nitrogens is 2. The number of hydrogen-bond acceptors (Lipinski definition) is 5. The minimum absolute atomic E-state index is 0.510. The van der Waals surface area contributed by atoms with Gasteiger partial charge in [-0.3, -0.25) is 4.98 Å². The van der Waals surface area contributed by atoms with Gasteiger partial charge in [0.2, 0.25) is 5.88 Å². The van der Waals surface area contributed by atoms with Crippen LogP contribution in [0.3, 0.4) is 0 Å².